The van der Waals surface area contributed by atoms with Crippen molar-refractivity contribution in [3.05, 3.63) is 60.4 Å². The number of furan rings is 1. The Labute approximate surface area is 145 Å². The average Bonchev–Trinajstić information content (AvgIpc) is 3.02. The lowest BCUT2D eigenvalue weighted by Gasteiger charge is -2.23. The summed E-state index contributed by atoms with van der Waals surface area (Å²) in [5.41, 5.74) is 2.53. The number of carbonyl (C=O) groups excluding carboxylic acids is 1. The summed E-state index contributed by atoms with van der Waals surface area (Å²) in [5.74, 6) is 0.160. The molecule has 0 unspecified atom stereocenters. The third-order valence-electron chi connectivity index (χ3n) is 4.52. The molecule has 1 aromatic carbocycles. The Hall–Kier alpha value is -2.73. The van der Waals surface area contributed by atoms with Crippen molar-refractivity contribution >= 4 is 16.9 Å². The first-order valence-electron chi connectivity index (χ1n) is 8.39. The van der Waals surface area contributed by atoms with E-state index in [1.54, 1.807) is 18.5 Å². The van der Waals surface area contributed by atoms with Crippen molar-refractivity contribution in [3.63, 3.8) is 0 Å². The number of fused-ring (bicyclic) bond motifs is 1. The molecule has 1 aliphatic heterocycles. The van der Waals surface area contributed by atoms with Crippen LogP contribution in [-0.2, 0) is 11.2 Å². The van der Waals surface area contributed by atoms with E-state index in [0.717, 1.165) is 17.4 Å². The summed E-state index contributed by atoms with van der Waals surface area (Å²) in [6.07, 6.45) is 5.54. The smallest absolute Gasteiger partial charge is 0.272 e. The van der Waals surface area contributed by atoms with Gasteiger partial charge in [-0.3, -0.25) is 4.79 Å². The van der Waals surface area contributed by atoms with Crippen LogP contribution in [-0.4, -0.2) is 47.1 Å². The number of amides is 1. The molecule has 6 nitrogen and oxygen atoms in total. The number of hydrogen-bond donors (Lipinski definition) is 0. The van der Waals surface area contributed by atoms with Gasteiger partial charge in [-0.2, -0.15) is 0 Å². The molecule has 6 heteroatoms. The minimum absolute atomic E-state index is 0.0700. The molecule has 0 saturated carbocycles. The van der Waals surface area contributed by atoms with Gasteiger partial charge in [0.25, 0.3) is 5.91 Å². The summed E-state index contributed by atoms with van der Waals surface area (Å²) < 4.78 is 11.2. The monoisotopic (exact) mass is 337 g/mol. The Morgan fingerprint density at radius 1 is 1.28 bits per heavy atom. The highest BCUT2D eigenvalue weighted by atomic mass is 16.5. The molecular formula is C19H19N3O3. The third kappa shape index (κ3) is 3.39. The summed E-state index contributed by atoms with van der Waals surface area (Å²) in [4.78, 5) is 22.5. The Morgan fingerprint density at radius 3 is 3.12 bits per heavy atom. The molecule has 128 valence electrons. The maximum absolute atomic E-state index is 12.7. The van der Waals surface area contributed by atoms with E-state index >= 15 is 0 Å². The summed E-state index contributed by atoms with van der Waals surface area (Å²) in [5, 5.41) is 1.13. The summed E-state index contributed by atoms with van der Waals surface area (Å²) in [7, 11) is 0. The lowest BCUT2D eigenvalue weighted by Crippen LogP contribution is -2.36. The normalized spacial score (nSPS) is 18.2. The highest BCUT2D eigenvalue weighted by molar-refractivity contribution is 5.92. The van der Waals surface area contributed by atoms with E-state index in [2.05, 4.69) is 16.0 Å². The number of benzene rings is 1. The van der Waals surface area contributed by atoms with Gasteiger partial charge in [0.1, 0.15) is 17.6 Å². The van der Waals surface area contributed by atoms with Crippen molar-refractivity contribution in [2.45, 2.75) is 6.42 Å². The Morgan fingerprint density at radius 2 is 2.24 bits per heavy atom. The van der Waals surface area contributed by atoms with E-state index in [1.807, 2.05) is 23.1 Å². The number of ether oxygens (including phenoxy) is 1. The second-order valence-electron chi connectivity index (χ2n) is 6.24. The largest absolute Gasteiger partial charge is 0.464 e. The van der Waals surface area contributed by atoms with Crippen LogP contribution >= 0.6 is 0 Å². The minimum Gasteiger partial charge on any atom is -0.464 e. The van der Waals surface area contributed by atoms with E-state index in [0.29, 0.717) is 32.0 Å². The molecular weight excluding hydrogens is 318 g/mol. The number of nitrogens with zero attached hydrogens (tertiary/aromatic N) is 3. The molecule has 0 bridgehead atoms. The third-order valence-corrected chi connectivity index (χ3v) is 4.52. The van der Waals surface area contributed by atoms with Crippen molar-refractivity contribution in [1.82, 2.24) is 14.9 Å². The van der Waals surface area contributed by atoms with Crippen LogP contribution in [0.25, 0.3) is 11.0 Å². The van der Waals surface area contributed by atoms with E-state index in [9.17, 15) is 4.79 Å². The number of aromatic nitrogens is 2. The van der Waals surface area contributed by atoms with Gasteiger partial charge in [0.15, 0.2) is 0 Å². The van der Waals surface area contributed by atoms with Gasteiger partial charge >= 0.3 is 0 Å². The summed E-state index contributed by atoms with van der Waals surface area (Å²) in [6, 6.07) is 9.72. The average molecular weight is 337 g/mol. The van der Waals surface area contributed by atoms with Gasteiger partial charge in [0.2, 0.25) is 0 Å². The Kier molecular flexibility index (Phi) is 4.43. The minimum atomic E-state index is -0.0700. The lowest BCUT2D eigenvalue weighted by atomic mass is 9.97. The quantitative estimate of drug-likeness (QED) is 0.735. The van der Waals surface area contributed by atoms with Crippen LogP contribution in [0.15, 0.2) is 53.5 Å². The molecule has 0 spiro atoms. The highest BCUT2D eigenvalue weighted by Gasteiger charge is 2.24. The van der Waals surface area contributed by atoms with Gasteiger partial charge in [0, 0.05) is 30.6 Å². The van der Waals surface area contributed by atoms with Crippen LogP contribution in [0.3, 0.4) is 0 Å². The van der Waals surface area contributed by atoms with E-state index in [-0.39, 0.29) is 11.8 Å². The van der Waals surface area contributed by atoms with Crippen molar-refractivity contribution in [2.24, 2.45) is 5.92 Å². The predicted molar refractivity (Wildman–Crippen MR) is 92.2 cm³/mol. The van der Waals surface area contributed by atoms with Crippen LogP contribution < -0.4 is 0 Å². The van der Waals surface area contributed by atoms with Crippen LogP contribution in [0.2, 0.25) is 0 Å². The fourth-order valence-electron chi connectivity index (χ4n) is 3.31. The van der Waals surface area contributed by atoms with Crippen LogP contribution in [0.1, 0.15) is 16.1 Å². The van der Waals surface area contributed by atoms with Gasteiger partial charge in [0.05, 0.1) is 19.5 Å². The SMILES string of the molecule is O=C(c1ccncn1)N1CCOC[C@@H](Cc2cccc3occc23)C1. The fourth-order valence-corrected chi connectivity index (χ4v) is 3.31. The lowest BCUT2D eigenvalue weighted by molar-refractivity contribution is 0.0731. The van der Waals surface area contributed by atoms with Crippen molar-refractivity contribution in [2.75, 3.05) is 26.3 Å². The first-order chi connectivity index (χ1) is 12.3. The molecule has 1 saturated heterocycles. The molecule has 0 radical (unpaired) electrons. The van der Waals surface area contributed by atoms with Gasteiger partial charge < -0.3 is 14.1 Å². The molecule has 2 aromatic heterocycles. The predicted octanol–water partition coefficient (Wildman–Crippen LogP) is 2.55. The first kappa shape index (κ1) is 15.8. The molecule has 0 N–H and O–H groups in total. The Bertz CT molecular complexity index is 862. The molecule has 1 atom stereocenters. The van der Waals surface area contributed by atoms with Crippen LogP contribution in [0, 0.1) is 5.92 Å². The molecule has 1 aliphatic rings. The van der Waals surface area contributed by atoms with Gasteiger partial charge in [-0.1, -0.05) is 12.1 Å². The topological polar surface area (TPSA) is 68.5 Å². The fraction of sp³-hybridized carbons (Fsp3) is 0.316. The maximum atomic E-state index is 12.7. The second-order valence-corrected chi connectivity index (χ2v) is 6.24. The molecule has 0 aliphatic carbocycles. The highest BCUT2D eigenvalue weighted by Crippen LogP contribution is 2.24. The van der Waals surface area contributed by atoms with Crippen LogP contribution in [0.4, 0.5) is 0 Å². The number of carbonyl (C=O) groups is 1. The zero-order valence-corrected chi connectivity index (χ0v) is 13.8. The zero-order chi connectivity index (χ0) is 17.1. The molecule has 4 rings (SSSR count). The van der Waals surface area contributed by atoms with Gasteiger partial charge in [-0.15, -0.1) is 0 Å². The van der Waals surface area contributed by atoms with Gasteiger partial charge in [-0.25, -0.2) is 9.97 Å². The molecule has 3 heterocycles. The first-order valence-corrected chi connectivity index (χ1v) is 8.39. The van der Waals surface area contributed by atoms with Gasteiger partial charge in [-0.05, 0) is 30.2 Å². The Balaban J connectivity index is 1.52. The standard InChI is InChI=1S/C19H19N3O3/c23-19(17-4-6-20-13-21-17)22-7-9-24-12-14(11-22)10-15-2-1-3-18-16(15)5-8-25-18/h1-6,8,13-14H,7,9-12H2/t14-/m0/s1. The van der Waals surface area contributed by atoms with E-state index < -0.39 is 0 Å². The van der Waals surface area contributed by atoms with E-state index in [1.165, 1.54) is 11.9 Å². The summed E-state index contributed by atoms with van der Waals surface area (Å²) >= 11 is 0. The number of rotatable bonds is 3. The molecule has 3 aromatic rings. The zero-order valence-electron chi connectivity index (χ0n) is 13.8. The van der Waals surface area contributed by atoms with Crippen molar-refractivity contribution in [3.8, 4) is 0 Å². The second kappa shape index (κ2) is 7.03. The van der Waals surface area contributed by atoms with Crippen molar-refractivity contribution in [1.29, 1.82) is 0 Å². The maximum Gasteiger partial charge on any atom is 0.272 e. The summed E-state index contributed by atoms with van der Waals surface area (Å²) in [6.45, 7) is 2.41. The molecule has 25 heavy (non-hydrogen) atoms. The van der Waals surface area contributed by atoms with Crippen LogP contribution in [0.5, 0.6) is 0 Å². The molecule has 1 fully saturated rings. The number of hydrogen-bond acceptors (Lipinski definition) is 5. The van der Waals surface area contributed by atoms with Crippen molar-refractivity contribution < 1.29 is 13.9 Å². The van der Waals surface area contributed by atoms with E-state index in [4.69, 9.17) is 9.15 Å². The molecule has 1 amide bonds.